The van der Waals surface area contributed by atoms with Gasteiger partial charge in [0.1, 0.15) is 5.75 Å². The van der Waals surface area contributed by atoms with E-state index in [4.69, 9.17) is 26.3 Å². The zero-order chi connectivity index (χ0) is 21.6. The summed E-state index contributed by atoms with van der Waals surface area (Å²) in [7, 11) is 2.07. The van der Waals surface area contributed by atoms with Gasteiger partial charge in [0.15, 0.2) is 0 Å². The molecule has 32 heavy (non-hydrogen) atoms. The first kappa shape index (κ1) is 18.3. The molecule has 5 nitrogen and oxygen atoms in total. The van der Waals surface area contributed by atoms with Crippen LogP contribution in [0, 0.1) is 5.92 Å². The van der Waals surface area contributed by atoms with E-state index in [-0.39, 0.29) is 17.8 Å². The van der Waals surface area contributed by atoms with Crippen LogP contribution in [0.1, 0.15) is 22.7 Å². The molecule has 2 aliphatic heterocycles. The third-order valence-corrected chi connectivity index (χ3v) is 7.51. The normalized spacial score (nSPS) is 25.4. The molecule has 0 saturated carbocycles. The number of para-hydroxylation sites is 1. The van der Waals surface area contributed by atoms with Crippen molar-refractivity contribution in [3.63, 3.8) is 0 Å². The van der Waals surface area contributed by atoms with Gasteiger partial charge in [0.25, 0.3) is 0 Å². The number of carbonyl (C=O) groups is 1. The molecule has 0 N–H and O–H groups in total. The fraction of sp³-hybridized carbons (Fsp3) is 0.192. The van der Waals surface area contributed by atoms with Gasteiger partial charge in [-0.1, -0.05) is 54.1 Å². The first-order valence-corrected chi connectivity index (χ1v) is 11.1. The predicted octanol–water partition coefficient (Wildman–Crippen LogP) is 4.77. The molecule has 1 fully saturated rings. The largest absolute Gasteiger partial charge is 0.426 e. The number of likely N-dealkylation sites (tertiary alicyclic amines) is 1. The predicted molar refractivity (Wildman–Crippen MR) is 122 cm³/mol. The molecule has 7 rings (SSSR count). The van der Waals surface area contributed by atoms with Gasteiger partial charge in [0.2, 0.25) is 0 Å². The number of halogens is 1. The fourth-order valence-electron chi connectivity index (χ4n) is 6.07. The van der Waals surface area contributed by atoms with E-state index in [1.165, 1.54) is 0 Å². The van der Waals surface area contributed by atoms with Crippen LogP contribution in [0.5, 0.6) is 5.75 Å². The highest BCUT2D eigenvalue weighted by atomic mass is 35.5. The van der Waals surface area contributed by atoms with Crippen LogP contribution >= 0.6 is 11.6 Å². The molecule has 3 unspecified atom stereocenters. The van der Waals surface area contributed by atoms with E-state index in [1.54, 1.807) is 0 Å². The quantitative estimate of drug-likeness (QED) is 0.292. The van der Waals surface area contributed by atoms with E-state index in [1.807, 2.05) is 42.5 Å². The third kappa shape index (κ3) is 2.10. The molecule has 0 bridgehead atoms. The maximum Gasteiger partial charge on any atom is 0.316 e. The summed E-state index contributed by atoms with van der Waals surface area (Å²) in [6.07, 6.45) is 0. The second kappa shape index (κ2) is 6.15. The molecule has 3 aromatic carbocycles. The lowest BCUT2D eigenvalue weighted by atomic mass is 9.70. The van der Waals surface area contributed by atoms with Gasteiger partial charge in [-0.25, -0.2) is 9.97 Å². The van der Waals surface area contributed by atoms with Gasteiger partial charge >= 0.3 is 5.97 Å². The van der Waals surface area contributed by atoms with Crippen molar-refractivity contribution in [3.8, 4) is 17.0 Å². The smallest absolute Gasteiger partial charge is 0.316 e. The van der Waals surface area contributed by atoms with Gasteiger partial charge in [-0.15, -0.1) is 0 Å². The van der Waals surface area contributed by atoms with Crippen LogP contribution < -0.4 is 4.74 Å². The number of carbonyl (C=O) groups excluding carboxylic acids is 1. The summed E-state index contributed by atoms with van der Waals surface area (Å²) in [4.78, 5) is 25.6. The Labute approximate surface area is 189 Å². The molecule has 6 heteroatoms. The second-order valence-electron chi connectivity index (χ2n) is 8.79. The maximum atomic E-state index is 13.1. The average Bonchev–Trinajstić information content (AvgIpc) is 3.27. The zero-order valence-corrected chi connectivity index (χ0v) is 18.0. The minimum atomic E-state index is -0.615. The average molecular weight is 440 g/mol. The number of likely N-dealkylation sites (N-methyl/N-ethyl adjacent to an activating group) is 1. The molecule has 1 aromatic heterocycles. The molecule has 3 aliphatic rings. The van der Waals surface area contributed by atoms with Crippen LogP contribution in [0.15, 0.2) is 66.7 Å². The Bertz CT molecular complexity index is 1470. The summed E-state index contributed by atoms with van der Waals surface area (Å²) >= 11 is 6.30. The summed E-state index contributed by atoms with van der Waals surface area (Å²) in [6.45, 7) is 0.584. The van der Waals surface area contributed by atoms with Crippen LogP contribution in [0.4, 0.5) is 0 Å². The lowest BCUT2D eigenvalue weighted by Crippen LogP contribution is -2.44. The second-order valence-corrected chi connectivity index (χ2v) is 9.23. The van der Waals surface area contributed by atoms with Gasteiger partial charge in [0, 0.05) is 28.6 Å². The molecule has 3 heterocycles. The van der Waals surface area contributed by atoms with E-state index in [0.717, 1.165) is 39.1 Å². The van der Waals surface area contributed by atoms with E-state index < -0.39 is 5.54 Å². The van der Waals surface area contributed by atoms with Gasteiger partial charge in [-0.2, -0.15) is 0 Å². The van der Waals surface area contributed by atoms with Gasteiger partial charge < -0.3 is 4.74 Å². The van der Waals surface area contributed by atoms with Crippen LogP contribution in [-0.4, -0.2) is 34.4 Å². The Balaban J connectivity index is 1.62. The number of rotatable bonds is 0. The number of esters is 1. The topological polar surface area (TPSA) is 55.3 Å². The Kier molecular flexibility index (Phi) is 3.52. The molecule has 3 atom stereocenters. The highest BCUT2D eigenvalue weighted by Gasteiger charge is 2.64. The molecular formula is C26H18ClN3O2. The first-order chi connectivity index (χ1) is 15.6. The standard InChI is InChI=1S/C26H18ClN3O2/c1-30-13-17-22(16-7-3-5-9-21(16)32-25(17)31)26(30)18-8-4-2-6-15(18)23-24(26)29-20-12-14(27)10-11-19(20)28-23/h2-12,17,22H,13H2,1H3. The van der Waals surface area contributed by atoms with Crippen molar-refractivity contribution in [3.05, 3.63) is 88.6 Å². The molecule has 156 valence electrons. The number of hydrogen-bond acceptors (Lipinski definition) is 5. The van der Waals surface area contributed by atoms with Crippen molar-refractivity contribution in [2.75, 3.05) is 13.6 Å². The minimum Gasteiger partial charge on any atom is -0.426 e. The third-order valence-electron chi connectivity index (χ3n) is 7.27. The van der Waals surface area contributed by atoms with Crippen LogP contribution in [0.25, 0.3) is 22.3 Å². The lowest BCUT2D eigenvalue weighted by molar-refractivity contribution is -0.140. The Hall–Kier alpha value is -3.28. The lowest BCUT2D eigenvalue weighted by Gasteiger charge is -2.40. The fourth-order valence-corrected chi connectivity index (χ4v) is 6.24. The number of nitrogens with zero attached hydrogens (tertiary/aromatic N) is 3. The van der Waals surface area contributed by atoms with Crippen molar-refractivity contribution in [2.45, 2.75) is 11.5 Å². The van der Waals surface area contributed by atoms with Gasteiger partial charge in [-0.05, 0) is 36.9 Å². The molecule has 0 amide bonds. The van der Waals surface area contributed by atoms with Crippen molar-refractivity contribution in [1.29, 1.82) is 0 Å². The van der Waals surface area contributed by atoms with E-state index >= 15 is 0 Å². The van der Waals surface area contributed by atoms with Gasteiger partial charge in [-0.3, -0.25) is 9.69 Å². The number of fused-ring (bicyclic) bond motifs is 10. The van der Waals surface area contributed by atoms with Crippen molar-refractivity contribution >= 4 is 28.6 Å². The number of ether oxygens (including phenoxy) is 1. The number of benzene rings is 3. The molecule has 1 aliphatic carbocycles. The minimum absolute atomic E-state index is 0.127. The molecule has 1 spiro atoms. The molecule has 1 saturated heterocycles. The number of aromatic nitrogens is 2. The van der Waals surface area contributed by atoms with E-state index in [9.17, 15) is 4.79 Å². The van der Waals surface area contributed by atoms with Crippen molar-refractivity contribution < 1.29 is 9.53 Å². The van der Waals surface area contributed by atoms with Crippen LogP contribution in [0.3, 0.4) is 0 Å². The van der Waals surface area contributed by atoms with Crippen molar-refractivity contribution in [1.82, 2.24) is 14.9 Å². The maximum absolute atomic E-state index is 13.1. The Morgan fingerprint density at radius 2 is 1.84 bits per heavy atom. The molecule has 4 aromatic rings. The summed E-state index contributed by atoms with van der Waals surface area (Å²) < 4.78 is 5.74. The van der Waals surface area contributed by atoms with E-state index in [2.05, 4.69) is 36.2 Å². The van der Waals surface area contributed by atoms with Crippen molar-refractivity contribution in [2.24, 2.45) is 5.92 Å². The highest BCUT2D eigenvalue weighted by Crippen LogP contribution is 2.63. The zero-order valence-electron chi connectivity index (χ0n) is 17.2. The SMILES string of the molecule is CN1CC2C(=O)Oc3ccccc3C2C12c1ccccc1-c1nc3ccc(Cl)cc3nc12. The first-order valence-electron chi connectivity index (χ1n) is 10.7. The number of hydrogen-bond donors (Lipinski definition) is 0. The molecule has 0 radical (unpaired) electrons. The Morgan fingerprint density at radius 1 is 1.03 bits per heavy atom. The van der Waals surface area contributed by atoms with Gasteiger partial charge in [0.05, 0.1) is 33.9 Å². The van der Waals surface area contributed by atoms with E-state index in [0.29, 0.717) is 17.3 Å². The van der Waals surface area contributed by atoms with Crippen LogP contribution in [0.2, 0.25) is 5.02 Å². The summed E-state index contributed by atoms with van der Waals surface area (Å²) in [6, 6.07) is 21.8. The molecular weight excluding hydrogens is 422 g/mol. The summed E-state index contributed by atoms with van der Waals surface area (Å²) in [5.41, 5.74) is 5.94. The highest BCUT2D eigenvalue weighted by molar-refractivity contribution is 6.31. The Morgan fingerprint density at radius 3 is 2.75 bits per heavy atom. The monoisotopic (exact) mass is 439 g/mol. The summed E-state index contributed by atoms with van der Waals surface area (Å²) in [5.74, 6) is 0.0420. The van der Waals surface area contributed by atoms with Crippen LogP contribution in [-0.2, 0) is 10.3 Å². The summed E-state index contributed by atoms with van der Waals surface area (Å²) in [5, 5.41) is 0.626.